The molecule has 0 spiro atoms. The van der Waals surface area contributed by atoms with Gasteiger partial charge in [-0.1, -0.05) is 35.4 Å². The lowest BCUT2D eigenvalue weighted by Crippen LogP contribution is -2.06. The Labute approximate surface area is 92.1 Å². The summed E-state index contributed by atoms with van der Waals surface area (Å²) in [6.07, 6.45) is 1.98. The summed E-state index contributed by atoms with van der Waals surface area (Å²) in [6, 6.07) is 0. The minimum atomic E-state index is 0.241. The molecule has 0 aromatic carbocycles. The summed E-state index contributed by atoms with van der Waals surface area (Å²) in [6.45, 7) is 4.63. The summed E-state index contributed by atoms with van der Waals surface area (Å²) in [5, 5.41) is 18.5. The van der Waals surface area contributed by atoms with E-state index in [4.69, 9.17) is 10.2 Å². The molecule has 0 aromatic heterocycles. The summed E-state index contributed by atoms with van der Waals surface area (Å²) >= 11 is 0. The molecule has 0 saturated carbocycles. The highest BCUT2D eigenvalue weighted by molar-refractivity contribution is 9.09. The molecule has 2 nitrogen and oxygen atoms in total. The van der Waals surface area contributed by atoms with Crippen LogP contribution in [0.3, 0.4) is 0 Å². The Bertz CT molecular complexity index is 93.6. The summed E-state index contributed by atoms with van der Waals surface area (Å²) in [7, 11) is 5.08. The van der Waals surface area contributed by atoms with Gasteiger partial charge in [-0.25, -0.2) is 0 Å². The molecule has 0 heterocycles. The molecule has 0 aliphatic rings. The van der Waals surface area contributed by atoms with Crippen LogP contribution in [-0.2, 0) is 0 Å². The fraction of sp³-hybridized carbons (Fsp3) is 1.00. The molecule has 5 heteroatoms. The number of aliphatic hydroxyl groups is 2. The van der Waals surface area contributed by atoms with Crippen molar-refractivity contribution in [1.82, 2.24) is 0 Å². The zero-order valence-corrected chi connectivity index (χ0v) is 10.6. The third kappa shape index (κ3) is 6.96. The largest absolute Gasteiger partial charge is 0.395 e. The molecule has 0 amide bonds. The van der Waals surface area contributed by atoms with Gasteiger partial charge in [0.25, 0.3) is 0 Å². The van der Waals surface area contributed by atoms with E-state index in [2.05, 4.69) is 13.8 Å². The second-order valence-electron chi connectivity index (χ2n) is 2.69. The molecule has 0 aliphatic heterocycles. The Morgan fingerprint density at radius 3 is 1.54 bits per heavy atom. The van der Waals surface area contributed by atoms with Crippen LogP contribution in [0.1, 0.15) is 26.7 Å². The van der Waals surface area contributed by atoms with Crippen LogP contribution < -0.4 is 0 Å². The number of hydrogen-bond donors (Lipinski definition) is 2. The molecular weight excluding hydrogens is 224 g/mol. The van der Waals surface area contributed by atoms with Crippen molar-refractivity contribution in [3.05, 3.63) is 0 Å². The van der Waals surface area contributed by atoms with Crippen molar-refractivity contribution in [3.63, 3.8) is 0 Å². The van der Waals surface area contributed by atoms with E-state index >= 15 is 0 Å². The van der Waals surface area contributed by atoms with E-state index < -0.39 is 0 Å². The van der Waals surface area contributed by atoms with E-state index in [0.717, 1.165) is 12.8 Å². The Balaban J connectivity index is 3.41. The van der Waals surface area contributed by atoms with Gasteiger partial charge < -0.3 is 10.2 Å². The van der Waals surface area contributed by atoms with Crippen molar-refractivity contribution in [2.24, 2.45) is 0 Å². The average Bonchev–Trinajstić information content (AvgIpc) is 2.19. The van der Waals surface area contributed by atoms with E-state index in [1.54, 1.807) is 31.4 Å². The van der Waals surface area contributed by atoms with Crippen LogP contribution in [0, 0.1) is 0 Å². The summed E-state index contributed by atoms with van der Waals surface area (Å²) in [5.74, 6) is 0. The van der Waals surface area contributed by atoms with Gasteiger partial charge in [0.1, 0.15) is 0 Å². The van der Waals surface area contributed by atoms with Gasteiger partial charge in [0.05, 0.1) is 13.2 Å². The van der Waals surface area contributed by atoms with Crippen LogP contribution in [0.15, 0.2) is 0 Å². The highest BCUT2D eigenvalue weighted by Crippen LogP contribution is 2.41. The van der Waals surface area contributed by atoms with Gasteiger partial charge in [0.2, 0.25) is 0 Å². The van der Waals surface area contributed by atoms with E-state index in [9.17, 15) is 0 Å². The maximum Gasteiger partial charge on any atom is 0.0558 e. The van der Waals surface area contributed by atoms with Crippen molar-refractivity contribution in [3.8, 4) is 0 Å². The fourth-order valence-electron chi connectivity index (χ4n) is 0.589. The van der Waals surface area contributed by atoms with Crippen LogP contribution in [0.2, 0.25) is 0 Å². The maximum absolute atomic E-state index is 8.91. The van der Waals surface area contributed by atoms with Crippen LogP contribution in [0.4, 0.5) is 0 Å². The molecular formula is C8H18O2S3. The molecule has 0 radical (unpaired) electrons. The lowest BCUT2D eigenvalue weighted by Gasteiger charge is -2.12. The van der Waals surface area contributed by atoms with Crippen LogP contribution in [-0.4, -0.2) is 33.9 Å². The zero-order valence-electron chi connectivity index (χ0n) is 8.10. The van der Waals surface area contributed by atoms with Crippen molar-refractivity contribution in [1.29, 1.82) is 0 Å². The van der Waals surface area contributed by atoms with Gasteiger partial charge in [-0.05, 0) is 22.7 Å². The van der Waals surface area contributed by atoms with Gasteiger partial charge in [0.15, 0.2) is 0 Å². The van der Waals surface area contributed by atoms with Crippen molar-refractivity contribution < 1.29 is 10.2 Å². The monoisotopic (exact) mass is 242 g/mol. The van der Waals surface area contributed by atoms with Gasteiger partial charge in [0, 0.05) is 10.5 Å². The molecule has 2 N–H and O–H groups in total. The number of hydrogen-bond acceptors (Lipinski definition) is 5. The number of aliphatic hydroxyl groups excluding tert-OH is 2. The number of rotatable bonds is 8. The van der Waals surface area contributed by atoms with Crippen molar-refractivity contribution in [2.45, 2.75) is 37.2 Å². The molecule has 80 valence electrons. The first kappa shape index (κ1) is 14.0. The first-order valence-corrected chi connectivity index (χ1v) is 8.09. The minimum absolute atomic E-state index is 0.241. The lowest BCUT2D eigenvalue weighted by molar-refractivity contribution is 0.293. The van der Waals surface area contributed by atoms with Crippen LogP contribution in [0.5, 0.6) is 0 Å². The maximum atomic E-state index is 8.91. The molecule has 0 aliphatic carbocycles. The zero-order chi connectivity index (χ0) is 10.1. The van der Waals surface area contributed by atoms with Gasteiger partial charge >= 0.3 is 0 Å². The third-order valence-electron chi connectivity index (χ3n) is 1.67. The standard InChI is InChI=1S/C8H18O2S3/c1-3-7(5-9)11-13-12-8(4-2)6-10/h7-10H,3-6H2,1-2H3. The van der Waals surface area contributed by atoms with Crippen molar-refractivity contribution in [2.75, 3.05) is 13.2 Å². The first-order chi connectivity index (χ1) is 6.28. The summed E-state index contributed by atoms with van der Waals surface area (Å²) in [5.41, 5.74) is 0. The topological polar surface area (TPSA) is 40.5 Å². The Kier molecular flexibility index (Phi) is 10.2. The Morgan fingerprint density at radius 1 is 0.923 bits per heavy atom. The third-order valence-corrected chi connectivity index (χ3v) is 6.85. The van der Waals surface area contributed by atoms with Gasteiger partial charge in [-0.2, -0.15) is 0 Å². The van der Waals surface area contributed by atoms with E-state index in [1.165, 1.54) is 0 Å². The molecule has 13 heavy (non-hydrogen) atoms. The smallest absolute Gasteiger partial charge is 0.0558 e. The molecule has 2 atom stereocenters. The fourth-order valence-corrected chi connectivity index (χ4v) is 5.64. The van der Waals surface area contributed by atoms with Gasteiger partial charge in [-0.3, -0.25) is 0 Å². The Hall–Kier alpha value is 0.970. The van der Waals surface area contributed by atoms with Crippen molar-refractivity contribution >= 4 is 31.4 Å². The van der Waals surface area contributed by atoms with Crippen LogP contribution in [0.25, 0.3) is 0 Å². The quantitative estimate of drug-likeness (QED) is 0.640. The first-order valence-electron chi connectivity index (χ1n) is 4.48. The molecule has 0 fully saturated rings. The normalized spacial score (nSPS) is 15.7. The molecule has 0 aromatic rings. The highest BCUT2D eigenvalue weighted by atomic mass is 33.5. The second-order valence-corrected chi connectivity index (χ2v) is 7.33. The minimum Gasteiger partial charge on any atom is -0.395 e. The van der Waals surface area contributed by atoms with E-state index in [0.29, 0.717) is 10.5 Å². The SMILES string of the molecule is CCC(CO)SSSC(CC)CO. The Morgan fingerprint density at radius 2 is 1.31 bits per heavy atom. The molecule has 0 saturated heterocycles. The van der Waals surface area contributed by atoms with E-state index in [1.807, 2.05) is 0 Å². The summed E-state index contributed by atoms with van der Waals surface area (Å²) in [4.78, 5) is 0. The predicted octanol–water partition coefficient (Wildman–Crippen LogP) is 2.56. The van der Waals surface area contributed by atoms with Gasteiger partial charge in [-0.15, -0.1) is 0 Å². The van der Waals surface area contributed by atoms with E-state index in [-0.39, 0.29) is 13.2 Å². The molecule has 0 bridgehead atoms. The average molecular weight is 242 g/mol. The molecule has 0 rings (SSSR count). The second kappa shape index (κ2) is 9.52. The summed E-state index contributed by atoms with van der Waals surface area (Å²) < 4.78 is 0. The molecule has 2 unspecified atom stereocenters. The highest BCUT2D eigenvalue weighted by Gasteiger charge is 2.09. The van der Waals surface area contributed by atoms with Crippen LogP contribution >= 0.6 is 31.4 Å². The lowest BCUT2D eigenvalue weighted by atomic mass is 10.3. The predicted molar refractivity (Wildman–Crippen MR) is 65.1 cm³/mol.